The Kier molecular flexibility index (Phi) is 9.61. The van der Waals surface area contributed by atoms with Crippen molar-refractivity contribution in [1.82, 2.24) is 4.90 Å². The molecule has 0 spiro atoms. The fourth-order valence-corrected chi connectivity index (χ4v) is 5.77. The number of nitrogens with zero attached hydrogens (tertiary/aromatic N) is 2. The molecule has 7 nitrogen and oxygen atoms in total. The van der Waals surface area contributed by atoms with E-state index in [9.17, 15) is 9.59 Å². The summed E-state index contributed by atoms with van der Waals surface area (Å²) in [6.07, 6.45) is 1.78. The number of carboxylic acids is 1. The maximum absolute atomic E-state index is 13.2. The zero-order chi connectivity index (χ0) is 28.1. The molecule has 39 heavy (non-hydrogen) atoms. The van der Waals surface area contributed by atoms with Crippen molar-refractivity contribution in [2.24, 2.45) is 4.99 Å². The summed E-state index contributed by atoms with van der Waals surface area (Å²) in [4.78, 5) is 30.9. The second kappa shape index (κ2) is 12.9. The van der Waals surface area contributed by atoms with Crippen LogP contribution in [0, 0.1) is 0 Å². The van der Waals surface area contributed by atoms with Crippen molar-refractivity contribution in [3.8, 4) is 11.5 Å². The van der Waals surface area contributed by atoms with Crippen molar-refractivity contribution in [2.45, 2.75) is 20.5 Å². The Hall–Kier alpha value is -2.98. The summed E-state index contributed by atoms with van der Waals surface area (Å²) in [5.41, 5.74) is 2.24. The van der Waals surface area contributed by atoms with Crippen LogP contribution in [-0.4, -0.2) is 40.2 Å². The molecule has 0 unspecified atom stereocenters. The zero-order valence-electron chi connectivity index (χ0n) is 20.9. The Labute approximate surface area is 248 Å². The number of carbonyl (C=O) groups is 2. The average molecular weight is 650 g/mol. The van der Waals surface area contributed by atoms with Gasteiger partial charge in [-0.1, -0.05) is 29.3 Å². The second-order valence-corrected chi connectivity index (χ2v) is 10.9. The van der Waals surface area contributed by atoms with Gasteiger partial charge in [0.25, 0.3) is 5.91 Å². The Morgan fingerprint density at radius 3 is 2.49 bits per heavy atom. The molecular formula is C28H23BrCl2N2O5S. The van der Waals surface area contributed by atoms with E-state index in [1.54, 1.807) is 41.3 Å². The first-order chi connectivity index (χ1) is 18.7. The third-order valence-electron chi connectivity index (χ3n) is 5.56. The largest absolute Gasteiger partial charge is 0.490 e. The Bertz CT molecular complexity index is 1480. The van der Waals surface area contributed by atoms with Crippen LogP contribution >= 0.6 is 50.9 Å². The van der Waals surface area contributed by atoms with Crippen molar-refractivity contribution in [3.63, 3.8) is 0 Å². The van der Waals surface area contributed by atoms with Crippen LogP contribution < -0.4 is 9.47 Å². The lowest BCUT2D eigenvalue weighted by molar-refractivity contribution is -0.122. The highest BCUT2D eigenvalue weighted by Crippen LogP contribution is 2.40. The number of carbonyl (C=O) groups excluding carboxylic acids is 1. The molecule has 11 heteroatoms. The van der Waals surface area contributed by atoms with Crippen LogP contribution in [0.3, 0.4) is 0 Å². The van der Waals surface area contributed by atoms with E-state index < -0.39 is 5.97 Å². The molecule has 3 aromatic carbocycles. The number of amidine groups is 1. The molecule has 0 saturated carbocycles. The molecule has 1 aliphatic rings. The Balaban J connectivity index is 1.60. The highest BCUT2D eigenvalue weighted by atomic mass is 79.9. The van der Waals surface area contributed by atoms with E-state index >= 15 is 0 Å². The standard InChI is InChI=1S/C28H23BrCl2N2O5S/c1-3-33-26(34)24(39-28(33)32-20-9-6-17(7-10-20)27(35)36)13-16-11-21(29)25(23(12-16)37-4-2)38-15-18-5-8-19(30)14-22(18)31/h5-14H,3-4,15H2,1-2H3,(H,35,36). The Morgan fingerprint density at radius 2 is 1.85 bits per heavy atom. The van der Waals surface area contributed by atoms with Gasteiger partial charge >= 0.3 is 5.97 Å². The third-order valence-corrected chi connectivity index (χ3v) is 7.74. The minimum absolute atomic E-state index is 0.168. The van der Waals surface area contributed by atoms with Crippen LogP contribution in [0.4, 0.5) is 5.69 Å². The van der Waals surface area contributed by atoms with Crippen molar-refractivity contribution in [2.75, 3.05) is 13.2 Å². The lowest BCUT2D eigenvalue weighted by Gasteiger charge is -2.15. The highest BCUT2D eigenvalue weighted by molar-refractivity contribution is 9.10. The van der Waals surface area contributed by atoms with Crippen molar-refractivity contribution < 1.29 is 24.2 Å². The van der Waals surface area contributed by atoms with E-state index in [0.29, 0.717) is 54.9 Å². The maximum Gasteiger partial charge on any atom is 0.335 e. The highest BCUT2D eigenvalue weighted by Gasteiger charge is 2.32. The van der Waals surface area contributed by atoms with E-state index in [-0.39, 0.29) is 18.1 Å². The average Bonchev–Trinajstić information content (AvgIpc) is 3.18. The van der Waals surface area contributed by atoms with Crippen molar-refractivity contribution in [3.05, 3.63) is 90.7 Å². The number of halogens is 3. The van der Waals surface area contributed by atoms with E-state index in [0.717, 1.165) is 11.1 Å². The molecule has 3 aromatic rings. The molecule has 0 aromatic heterocycles. The molecule has 0 atom stereocenters. The smallest absolute Gasteiger partial charge is 0.335 e. The summed E-state index contributed by atoms with van der Waals surface area (Å²) >= 11 is 17.1. The zero-order valence-corrected chi connectivity index (χ0v) is 24.8. The number of amides is 1. The normalized spacial score (nSPS) is 15.3. The number of likely N-dealkylation sites (N-methyl/N-ethyl adjacent to an activating group) is 1. The lowest BCUT2D eigenvalue weighted by atomic mass is 10.1. The van der Waals surface area contributed by atoms with Crippen LogP contribution in [0.1, 0.15) is 35.3 Å². The van der Waals surface area contributed by atoms with Gasteiger partial charge in [-0.3, -0.25) is 9.69 Å². The summed E-state index contributed by atoms with van der Waals surface area (Å²) < 4.78 is 12.6. The van der Waals surface area contributed by atoms with Crippen molar-refractivity contribution in [1.29, 1.82) is 0 Å². The summed E-state index contributed by atoms with van der Waals surface area (Å²) in [5, 5.41) is 10.7. The van der Waals surface area contributed by atoms with Gasteiger partial charge in [0.2, 0.25) is 0 Å². The number of hydrogen-bond donors (Lipinski definition) is 1. The van der Waals surface area contributed by atoms with Crippen molar-refractivity contribution >= 4 is 79.7 Å². The fourth-order valence-electron chi connectivity index (χ4n) is 3.67. The number of aliphatic imine (C=N–C) groups is 1. The van der Waals surface area contributed by atoms with Gasteiger partial charge in [0.1, 0.15) is 6.61 Å². The number of rotatable bonds is 9. The van der Waals surface area contributed by atoms with Crippen LogP contribution in [-0.2, 0) is 11.4 Å². The quantitative estimate of drug-likeness (QED) is 0.236. The van der Waals surface area contributed by atoms with E-state index in [2.05, 4.69) is 20.9 Å². The topological polar surface area (TPSA) is 88.4 Å². The number of thioether (sulfide) groups is 1. The molecule has 202 valence electrons. The van der Waals surface area contributed by atoms with Crippen LogP contribution in [0.5, 0.6) is 11.5 Å². The molecule has 0 aliphatic carbocycles. The van der Waals surface area contributed by atoms with Crippen LogP contribution in [0.2, 0.25) is 10.0 Å². The number of benzene rings is 3. The summed E-state index contributed by atoms with van der Waals surface area (Å²) in [5.74, 6) is -0.158. The van der Waals surface area contributed by atoms with E-state index in [1.807, 2.05) is 26.0 Å². The number of hydrogen-bond acceptors (Lipinski definition) is 6. The van der Waals surface area contributed by atoms with E-state index in [4.69, 9.17) is 37.8 Å². The summed E-state index contributed by atoms with van der Waals surface area (Å²) in [7, 11) is 0. The maximum atomic E-state index is 13.2. The van der Waals surface area contributed by atoms with Crippen LogP contribution in [0.15, 0.2) is 69.0 Å². The molecular weight excluding hydrogens is 627 g/mol. The molecule has 0 radical (unpaired) electrons. The minimum atomic E-state index is -1.01. The fraction of sp³-hybridized carbons (Fsp3) is 0.179. The van der Waals surface area contributed by atoms with Gasteiger partial charge in [-0.05, 0) is 102 Å². The monoisotopic (exact) mass is 648 g/mol. The van der Waals surface area contributed by atoms with E-state index in [1.165, 1.54) is 23.9 Å². The first-order valence-electron chi connectivity index (χ1n) is 11.9. The van der Waals surface area contributed by atoms with Gasteiger partial charge in [0, 0.05) is 22.2 Å². The second-order valence-electron chi connectivity index (χ2n) is 8.19. The molecule has 1 heterocycles. The first-order valence-corrected chi connectivity index (χ1v) is 14.2. The summed E-state index contributed by atoms with van der Waals surface area (Å²) in [6.45, 7) is 4.80. The Morgan fingerprint density at radius 1 is 1.10 bits per heavy atom. The number of ether oxygens (including phenoxy) is 2. The first kappa shape index (κ1) is 29.0. The van der Waals surface area contributed by atoms with Gasteiger partial charge < -0.3 is 14.6 Å². The van der Waals surface area contributed by atoms with Gasteiger partial charge in [-0.15, -0.1) is 0 Å². The summed E-state index contributed by atoms with van der Waals surface area (Å²) in [6, 6.07) is 15.0. The predicted octanol–water partition coefficient (Wildman–Crippen LogP) is 8.06. The van der Waals surface area contributed by atoms with Gasteiger partial charge in [0.05, 0.1) is 27.2 Å². The SMILES string of the molecule is CCOc1cc(C=C2SC(=Nc3ccc(C(=O)O)cc3)N(CC)C2=O)cc(Br)c1OCc1ccc(Cl)cc1Cl. The molecule has 1 N–H and O–H groups in total. The molecule has 1 amide bonds. The van der Waals surface area contributed by atoms with Crippen LogP contribution in [0.25, 0.3) is 6.08 Å². The van der Waals surface area contributed by atoms with Gasteiger partial charge in [0.15, 0.2) is 16.7 Å². The predicted molar refractivity (Wildman–Crippen MR) is 160 cm³/mol. The molecule has 4 rings (SSSR count). The van der Waals surface area contributed by atoms with Gasteiger partial charge in [-0.25, -0.2) is 9.79 Å². The number of aromatic carboxylic acids is 1. The molecule has 1 saturated heterocycles. The molecule has 1 aliphatic heterocycles. The van der Waals surface area contributed by atoms with Gasteiger partial charge in [-0.2, -0.15) is 0 Å². The minimum Gasteiger partial charge on any atom is -0.490 e. The number of carboxylic acid groups (broad SMARTS) is 1. The molecule has 1 fully saturated rings. The molecule has 0 bridgehead atoms. The third kappa shape index (κ3) is 6.97. The lowest BCUT2D eigenvalue weighted by Crippen LogP contribution is -2.28.